The summed E-state index contributed by atoms with van der Waals surface area (Å²) < 4.78 is 0. The molecule has 0 spiro atoms. The highest BCUT2D eigenvalue weighted by Gasteiger charge is 2.26. The third-order valence-electron chi connectivity index (χ3n) is 3.28. The average molecular weight is 280 g/mol. The first-order valence-electron chi connectivity index (χ1n) is 6.58. The maximum atomic E-state index is 12.0. The van der Waals surface area contributed by atoms with Gasteiger partial charge in [0.15, 0.2) is 0 Å². The Hall–Kier alpha value is -1.27. The minimum Gasteiger partial charge on any atom is -0.348 e. The molecule has 0 saturated heterocycles. The van der Waals surface area contributed by atoms with E-state index < -0.39 is 0 Å². The number of nitrogens with zero attached hydrogens (tertiary/aromatic N) is 1. The molecule has 1 aromatic rings. The van der Waals surface area contributed by atoms with Crippen LogP contribution in [0.2, 0.25) is 0 Å². The lowest BCUT2D eigenvalue weighted by Gasteiger charge is -2.12. The molecule has 1 heterocycles. The number of rotatable bonds is 5. The second kappa shape index (κ2) is 6.77. The van der Waals surface area contributed by atoms with Gasteiger partial charge in [-0.1, -0.05) is 6.92 Å². The average Bonchev–Trinajstić information content (AvgIpc) is 2.86. The summed E-state index contributed by atoms with van der Waals surface area (Å²) in [6, 6.07) is 3.70. The molecule has 1 amide bonds. The third-order valence-corrected chi connectivity index (χ3v) is 4.52. The van der Waals surface area contributed by atoms with Crippen LogP contribution in [-0.4, -0.2) is 27.9 Å². The lowest BCUT2D eigenvalue weighted by Crippen LogP contribution is -2.33. The van der Waals surface area contributed by atoms with Gasteiger partial charge in [0.2, 0.25) is 0 Å². The first kappa shape index (κ1) is 14.1. The van der Waals surface area contributed by atoms with Crippen LogP contribution in [0.1, 0.15) is 36.7 Å². The fraction of sp³-hybridized carbons (Fsp3) is 0.538. The van der Waals surface area contributed by atoms with Crippen LogP contribution in [0.15, 0.2) is 18.3 Å². The van der Waals surface area contributed by atoms with E-state index in [1.54, 1.807) is 18.3 Å². The van der Waals surface area contributed by atoms with Crippen molar-refractivity contribution in [1.82, 2.24) is 10.3 Å². The van der Waals surface area contributed by atoms with Gasteiger partial charge in [0.25, 0.3) is 5.91 Å². The summed E-state index contributed by atoms with van der Waals surface area (Å²) in [6.07, 6.45) is 4.87. The minimum absolute atomic E-state index is 0.101. The highest BCUT2D eigenvalue weighted by Crippen LogP contribution is 2.29. The van der Waals surface area contributed by atoms with E-state index in [0.29, 0.717) is 16.6 Å². The Morgan fingerprint density at radius 2 is 2.37 bits per heavy atom. The van der Waals surface area contributed by atoms with Crippen LogP contribution in [0.4, 0.5) is 5.69 Å². The zero-order valence-corrected chi connectivity index (χ0v) is 11.9. The summed E-state index contributed by atoms with van der Waals surface area (Å²) in [5.41, 5.74) is 3.62. The van der Waals surface area contributed by atoms with Crippen molar-refractivity contribution < 1.29 is 4.79 Å². The van der Waals surface area contributed by atoms with E-state index in [9.17, 15) is 4.79 Å². The van der Waals surface area contributed by atoms with Gasteiger partial charge in [0.05, 0.1) is 11.9 Å². The molecule has 1 aliphatic carbocycles. The summed E-state index contributed by atoms with van der Waals surface area (Å²) in [5, 5.41) is 3.74. The summed E-state index contributed by atoms with van der Waals surface area (Å²) in [7, 11) is 0. The quantitative estimate of drug-likeness (QED) is 0.566. The Kier molecular flexibility index (Phi) is 5.04. The van der Waals surface area contributed by atoms with Crippen molar-refractivity contribution in [3.63, 3.8) is 0 Å². The van der Waals surface area contributed by atoms with Gasteiger partial charge < -0.3 is 10.7 Å². The van der Waals surface area contributed by atoms with Crippen molar-refractivity contribution in [2.45, 2.75) is 37.5 Å². The Morgan fingerprint density at radius 3 is 3.00 bits per heavy atom. The Morgan fingerprint density at radius 1 is 1.53 bits per heavy atom. The van der Waals surface area contributed by atoms with Gasteiger partial charge >= 0.3 is 0 Å². The van der Waals surface area contributed by atoms with Crippen LogP contribution in [-0.2, 0) is 0 Å². The monoisotopic (exact) mass is 280 g/mol. The highest BCUT2D eigenvalue weighted by atomic mass is 32.2. The zero-order valence-electron chi connectivity index (χ0n) is 11.1. The second-order valence-electron chi connectivity index (χ2n) is 4.64. The van der Waals surface area contributed by atoms with Crippen LogP contribution in [0.5, 0.6) is 0 Å². The molecule has 1 saturated carbocycles. The van der Waals surface area contributed by atoms with Gasteiger partial charge in [0, 0.05) is 11.3 Å². The van der Waals surface area contributed by atoms with Crippen molar-refractivity contribution >= 4 is 23.4 Å². The molecule has 104 valence electrons. The molecule has 1 aromatic heterocycles. The molecule has 4 N–H and O–H groups in total. The molecule has 0 aliphatic heterocycles. The molecular weight excluding hydrogens is 260 g/mol. The van der Waals surface area contributed by atoms with Crippen molar-refractivity contribution in [2.24, 2.45) is 5.84 Å². The van der Waals surface area contributed by atoms with Gasteiger partial charge in [-0.05, 0) is 37.1 Å². The SMILES string of the molecule is CCSC1CCC(NC(=O)c2ccc(NN)cn2)C1. The molecule has 0 radical (unpaired) electrons. The number of hydrogen-bond donors (Lipinski definition) is 3. The lowest BCUT2D eigenvalue weighted by molar-refractivity contribution is 0.0933. The van der Waals surface area contributed by atoms with Gasteiger partial charge in [-0.3, -0.25) is 10.6 Å². The fourth-order valence-corrected chi connectivity index (χ4v) is 3.47. The topological polar surface area (TPSA) is 80.0 Å². The highest BCUT2D eigenvalue weighted by molar-refractivity contribution is 7.99. The summed E-state index contributed by atoms with van der Waals surface area (Å²) in [6.45, 7) is 2.17. The molecule has 5 nitrogen and oxygen atoms in total. The number of nitrogen functional groups attached to an aromatic ring is 1. The maximum absolute atomic E-state index is 12.0. The predicted octanol–water partition coefficient (Wildman–Crippen LogP) is 1.77. The molecular formula is C13H20N4OS. The smallest absolute Gasteiger partial charge is 0.270 e. The van der Waals surface area contributed by atoms with Gasteiger partial charge in [-0.2, -0.15) is 11.8 Å². The number of anilines is 1. The summed E-state index contributed by atoms with van der Waals surface area (Å²) in [4.78, 5) is 16.1. The number of hydrogen-bond acceptors (Lipinski definition) is 5. The van der Waals surface area contributed by atoms with Crippen LogP contribution >= 0.6 is 11.8 Å². The minimum atomic E-state index is -0.101. The molecule has 19 heavy (non-hydrogen) atoms. The molecule has 1 fully saturated rings. The fourth-order valence-electron chi connectivity index (χ4n) is 2.33. The molecule has 2 rings (SSSR count). The number of pyridine rings is 1. The van der Waals surface area contributed by atoms with E-state index in [2.05, 4.69) is 22.7 Å². The van der Waals surface area contributed by atoms with E-state index in [1.807, 2.05) is 11.8 Å². The first-order chi connectivity index (χ1) is 9.22. The van der Waals surface area contributed by atoms with E-state index in [0.717, 1.165) is 18.6 Å². The molecule has 0 bridgehead atoms. The number of hydrazine groups is 1. The first-order valence-corrected chi connectivity index (χ1v) is 7.63. The lowest BCUT2D eigenvalue weighted by atomic mass is 10.2. The van der Waals surface area contributed by atoms with Gasteiger partial charge in [0.1, 0.15) is 5.69 Å². The van der Waals surface area contributed by atoms with Crippen molar-refractivity contribution in [3.8, 4) is 0 Å². The number of aromatic nitrogens is 1. The van der Waals surface area contributed by atoms with Crippen LogP contribution < -0.4 is 16.6 Å². The number of carbonyl (C=O) groups is 1. The van der Waals surface area contributed by atoms with Gasteiger partial charge in [-0.25, -0.2) is 4.98 Å². The van der Waals surface area contributed by atoms with Crippen LogP contribution in [0, 0.1) is 0 Å². The Balaban J connectivity index is 1.87. The van der Waals surface area contributed by atoms with E-state index in [1.165, 1.54) is 6.42 Å². The van der Waals surface area contributed by atoms with E-state index in [4.69, 9.17) is 5.84 Å². The van der Waals surface area contributed by atoms with Crippen LogP contribution in [0.25, 0.3) is 0 Å². The number of nitrogens with one attached hydrogen (secondary N) is 2. The molecule has 2 atom stereocenters. The standard InChI is InChI=1S/C13H20N4OS/c1-2-19-11-5-3-9(7-11)16-13(18)12-6-4-10(17-14)8-15-12/h4,6,8-9,11,17H,2-3,5,7,14H2,1H3,(H,16,18). The second-order valence-corrected chi connectivity index (χ2v) is 6.21. The van der Waals surface area contributed by atoms with Crippen molar-refractivity contribution in [1.29, 1.82) is 0 Å². The number of thioether (sulfide) groups is 1. The molecule has 1 aliphatic rings. The Labute approximate surface area is 117 Å². The van der Waals surface area contributed by atoms with Crippen molar-refractivity contribution in [3.05, 3.63) is 24.0 Å². The molecule has 0 aromatic carbocycles. The Bertz CT molecular complexity index is 423. The number of amides is 1. The normalized spacial score (nSPS) is 22.2. The largest absolute Gasteiger partial charge is 0.348 e. The zero-order chi connectivity index (χ0) is 13.7. The van der Waals surface area contributed by atoms with E-state index >= 15 is 0 Å². The molecule has 6 heteroatoms. The summed E-state index contributed by atoms with van der Waals surface area (Å²) >= 11 is 1.98. The third kappa shape index (κ3) is 3.84. The number of carbonyl (C=O) groups excluding carboxylic acids is 1. The predicted molar refractivity (Wildman–Crippen MR) is 79.1 cm³/mol. The van der Waals surface area contributed by atoms with Crippen LogP contribution in [0.3, 0.4) is 0 Å². The number of nitrogens with two attached hydrogens (primary N) is 1. The van der Waals surface area contributed by atoms with Crippen molar-refractivity contribution in [2.75, 3.05) is 11.2 Å². The van der Waals surface area contributed by atoms with E-state index in [-0.39, 0.29) is 11.9 Å². The summed E-state index contributed by atoms with van der Waals surface area (Å²) in [5.74, 6) is 6.30. The maximum Gasteiger partial charge on any atom is 0.270 e. The van der Waals surface area contributed by atoms with Gasteiger partial charge in [-0.15, -0.1) is 0 Å². The molecule has 2 unspecified atom stereocenters.